The summed E-state index contributed by atoms with van der Waals surface area (Å²) in [6.45, 7) is 4.92. The molecule has 0 aromatic carbocycles. The lowest BCUT2D eigenvalue weighted by Gasteiger charge is -2.20. The maximum Gasteiger partial charge on any atom is 0.305 e. The monoisotopic (exact) mass is 998 g/mol. The van der Waals surface area contributed by atoms with Crippen molar-refractivity contribution in [3.63, 3.8) is 0 Å². The van der Waals surface area contributed by atoms with Crippen LogP contribution in [0, 0.1) is 0 Å². The number of ether oxygens (including phenoxy) is 1. The zero-order valence-corrected chi connectivity index (χ0v) is 47.7. The average Bonchev–Trinajstić information content (AvgIpc) is 3.37. The molecule has 0 spiro atoms. The van der Waals surface area contributed by atoms with Gasteiger partial charge in [0.25, 0.3) is 0 Å². The van der Waals surface area contributed by atoms with Gasteiger partial charge in [-0.2, -0.15) is 0 Å². The molecule has 418 valence electrons. The van der Waals surface area contributed by atoms with E-state index in [2.05, 4.69) is 43.5 Å². The molecule has 2 atom stereocenters. The lowest BCUT2D eigenvalue weighted by molar-refractivity contribution is -0.143. The summed E-state index contributed by atoms with van der Waals surface area (Å²) in [6, 6.07) is -0.636. The molecule has 0 bridgehead atoms. The van der Waals surface area contributed by atoms with Crippen molar-refractivity contribution in [3.8, 4) is 0 Å². The van der Waals surface area contributed by atoms with Gasteiger partial charge in [0.05, 0.1) is 25.4 Å². The van der Waals surface area contributed by atoms with E-state index in [1.165, 1.54) is 257 Å². The fraction of sp³-hybridized carbons (Fsp3) is 0.877. The highest BCUT2D eigenvalue weighted by molar-refractivity contribution is 5.76. The van der Waals surface area contributed by atoms with Crippen LogP contribution in [-0.4, -0.2) is 47.4 Å². The second kappa shape index (κ2) is 60.6. The smallest absolute Gasteiger partial charge is 0.305 e. The van der Waals surface area contributed by atoms with Crippen molar-refractivity contribution in [3.05, 3.63) is 36.5 Å². The van der Waals surface area contributed by atoms with Gasteiger partial charge in [-0.05, 0) is 64.2 Å². The van der Waals surface area contributed by atoms with Crippen LogP contribution in [0.4, 0.5) is 0 Å². The number of allylic oxidation sites excluding steroid dienone is 5. The summed E-state index contributed by atoms with van der Waals surface area (Å²) in [5.41, 5.74) is 0. The Morgan fingerprint density at radius 3 is 1.07 bits per heavy atom. The van der Waals surface area contributed by atoms with Gasteiger partial charge in [-0.3, -0.25) is 9.59 Å². The highest BCUT2D eigenvalue weighted by atomic mass is 16.5. The molecule has 0 aromatic heterocycles. The van der Waals surface area contributed by atoms with Gasteiger partial charge >= 0.3 is 5.97 Å². The molecule has 2 unspecified atom stereocenters. The Bertz CT molecular complexity index is 1150. The molecule has 0 aliphatic heterocycles. The van der Waals surface area contributed by atoms with E-state index >= 15 is 0 Å². The van der Waals surface area contributed by atoms with Crippen LogP contribution in [0.15, 0.2) is 36.5 Å². The van der Waals surface area contributed by atoms with Crippen LogP contribution in [0.3, 0.4) is 0 Å². The molecule has 3 N–H and O–H groups in total. The molecule has 6 heteroatoms. The van der Waals surface area contributed by atoms with Crippen molar-refractivity contribution in [2.24, 2.45) is 0 Å². The summed E-state index contributed by atoms with van der Waals surface area (Å²) < 4.78 is 5.49. The molecule has 6 nitrogen and oxygen atoms in total. The van der Waals surface area contributed by atoms with Crippen LogP contribution in [-0.2, 0) is 14.3 Å². The number of carbonyl (C=O) groups is 2. The molecule has 0 saturated heterocycles. The molecular formula is C65H123NO5. The molecule has 0 aromatic rings. The van der Waals surface area contributed by atoms with Crippen molar-refractivity contribution in [2.75, 3.05) is 13.2 Å². The highest BCUT2D eigenvalue weighted by Gasteiger charge is 2.18. The molecule has 1 amide bonds. The largest absolute Gasteiger partial charge is 0.466 e. The minimum Gasteiger partial charge on any atom is -0.466 e. The molecule has 0 heterocycles. The zero-order valence-electron chi connectivity index (χ0n) is 47.7. The van der Waals surface area contributed by atoms with Crippen LogP contribution >= 0.6 is 0 Å². The number of esters is 1. The van der Waals surface area contributed by atoms with Gasteiger partial charge in [0.2, 0.25) is 5.91 Å². The lowest BCUT2D eigenvalue weighted by Crippen LogP contribution is -2.45. The Balaban J connectivity index is 3.46. The van der Waals surface area contributed by atoms with Gasteiger partial charge < -0.3 is 20.3 Å². The van der Waals surface area contributed by atoms with Gasteiger partial charge in [0.15, 0.2) is 0 Å². The summed E-state index contributed by atoms with van der Waals surface area (Å²) in [7, 11) is 0. The number of aliphatic hydroxyl groups is 2. The molecular weight excluding hydrogens is 875 g/mol. The minimum atomic E-state index is -0.851. The molecule has 0 aliphatic carbocycles. The van der Waals surface area contributed by atoms with E-state index in [0.29, 0.717) is 19.4 Å². The summed E-state index contributed by atoms with van der Waals surface area (Å²) in [4.78, 5) is 24.5. The standard InChI is InChI=1S/C65H123NO5/c1-3-5-7-9-11-13-15-17-19-30-33-37-41-45-49-53-57-63(68)62(61-67)66-64(69)58-54-50-46-42-38-34-31-27-25-23-21-20-22-24-26-28-32-36-40-44-48-52-56-60-71-65(70)59-55-51-47-43-39-35-29-18-16-14-12-10-8-6-4-2/h20,22-23,25,53,57,62-63,67-68H,3-19,21,24,26-52,54-56,58-61H2,1-2H3,(H,66,69)/b22-20-,25-23-,57-53+. The van der Waals surface area contributed by atoms with E-state index in [1.54, 1.807) is 6.08 Å². The van der Waals surface area contributed by atoms with Gasteiger partial charge in [-0.25, -0.2) is 0 Å². The van der Waals surface area contributed by atoms with Crippen LogP contribution in [0.1, 0.15) is 341 Å². The number of carbonyl (C=O) groups excluding carboxylic acids is 2. The Labute approximate surface area is 443 Å². The van der Waals surface area contributed by atoms with E-state index in [0.717, 1.165) is 57.8 Å². The Kier molecular flexibility index (Phi) is 59.0. The van der Waals surface area contributed by atoms with Gasteiger partial charge in [-0.1, -0.05) is 301 Å². The molecule has 0 rings (SSSR count). The van der Waals surface area contributed by atoms with Crippen molar-refractivity contribution in [1.29, 1.82) is 0 Å². The number of aliphatic hydroxyl groups excluding tert-OH is 2. The Hall–Kier alpha value is -1.92. The normalized spacial score (nSPS) is 12.8. The van der Waals surface area contributed by atoms with Crippen LogP contribution < -0.4 is 5.32 Å². The summed E-state index contributed by atoms with van der Waals surface area (Å²) in [5, 5.41) is 23.1. The van der Waals surface area contributed by atoms with Crippen LogP contribution in [0.2, 0.25) is 0 Å². The van der Waals surface area contributed by atoms with Crippen molar-refractivity contribution < 1.29 is 24.5 Å². The first-order chi connectivity index (χ1) is 35.0. The van der Waals surface area contributed by atoms with E-state index < -0.39 is 12.1 Å². The zero-order chi connectivity index (χ0) is 51.4. The molecule has 0 aliphatic rings. The third-order valence-electron chi connectivity index (χ3n) is 14.7. The van der Waals surface area contributed by atoms with Crippen LogP contribution in [0.25, 0.3) is 0 Å². The molecule has 0 fully saturated rings. The topological polar surface area (TPSA) is 95.9 Å². The average molecular weight is 999 g/mol. The van der Waals surface area contributed by atoms with Crippen molar-refractivity contribution >= 4 is 11.9 Å². The number of nitrogens with one attached hydrogen (secondary N) is 1. The maximum atomic E-state index is 12.5. The molecule has 0 radical (unpaired) electrons. The fourth-order valence-electron chi connectivity index (χ4n) is 9.78. The van der Waals surface area contributed by atoms with Crippen molar-refractivity contribution in [2.45, 2.75) is 353 Å². The Morgan fingerprint density at radius 1 is 0.394 bits per heavy atom. The van der Waals surface area contributed by atoms with E-state index in [1.807, 2.05) is 6.08 Å². The number of amides is 1. The minimum absolute atomic E-state index is 0.00952. The summed E-state index contributed by atoms with van der Waals surface area (Å²) in [6.07, 6.45) is 76.1. The van der Waals surface area contributed by atoms with Gasteiger partial charge in [0.1, 0.15) is 0 Å². The first-order valence-electron chi connectivity index (χ1n) is 31.8. The highest BCUT2D eigenvalue weighted by Crippen LogP contribution is 2.17. The van der Waals surface area contributed by atoms with Crippen LogP contribution in [0.5, 0.6) is 0 Å². The van der Waals surface area contributed by atoms with E-state index in [4.69, 9.17) is 4.74 Å². The van der Waals surface area contributed by atoms with Gasteiger partial charge in [0, 0.05) is 12.8 Å². The SMILES string of the molecule is CCCCCCCCCCCCCCCC/C=C/C(O)C(CO)NC(=O)CCCCCCCCC/C=C\C/C=C\CCCCCCCCCCCOC(=O)CCCCCCCCCCCCCCCCC. The quantitative estimate of drug-likeness (QED) is 0.0321. The predicted molar refractivity (Wildman–Crippen MR) is 310 cm³/mol. The lowest BCUT2D eigenvalue weighted by atomic mass is 10.0. The van der Waals surface area contributed by atoms with Crippen molar-refractivity contribution in [1.82, 2.24) is 5.32 Å². The van der Waals surface area contributed by atoms with Gasteiger partial charge in [-0.15, -0.1) is 0 Å². The number of hydrogen-bond acceptors (Lipinski definition) is 5. The third kappa shape index (κ3) is 57.2. The first-order valence-corrected chi connectivity index (χ1v) is 31.8. The molecule has 0 saturated carbocycles. The fourth-order valence-corrected chi connectivity index (χ4v) is 9.78. The molecule has 71 heavy (non-hydrogen) atoms. The summed E-state index contributed by atoms with van der Waals surface area (Å²) in [5.74, 6) is -0.0674. The van der Waals surface area contributed by atoms with E-state index in [9.17, 15) is 19.8 Å². The third-order valence-corrected chi connectivity index (χ3v) is 14.7. The van der Waals surface area contributed by atoms with E-state index in [-0.39, 0.29) is 18.5 Å². The number of unbranched alkanes of at least 4 members (excludes halogenated alkanes) is 44. The number of hydrogen-bond donors (Lipinski definition) is 3. The second-order valence-electron chi connectivity index (χ2n) is 21.7. The first kappa shape index (κ1) is 69.1. The maximum absolute atomic E-state index is 12.5. The number of rotatable bonds is 59. The Morgan fingerprint density at radius 2 is 0.704 bits per heavy atom. The predicted octanol–water partition coefficient (Wildman–Crippen LogP) is 20.0. The second-order valence-corrected chi connectivity index (χ2v) is 21.7. The summed E-state index contributed by atoms with van der Waals surface area (Å²) >= 11 is 0.